The molecule has 0 aromatic carbocycles. The number of furan rings is 1. The minimum atomic E-state index is -0.226. The first-order chi connectivity index (χ1) is 9.69. The zero-order valence-electron chi connectivity index (χ0n) is 11.8. The summed E-state index contributed by atoms with van der Waals surface area (Å²) < 4.78 is 5.29. The maximum atomic E-state index is 11.0. The van der Waals surface area contributed by atoms with Crippen LogP contribution in [0.1, 0.15) is 25.0 Å². The van der Waals surface area contributed by atoms with Crippen molar-refractivity contribution in [1.82, 2.24) is 10.2 Å². The predicted octanol–water partition coefficient (Wildman–Crippen LogP) is 0.942. The Labute approximate surface area is 119 Å². The first kappa shape index (κ1) is 14.4. The van der Waals surface area contributed by atoms with Gasteiger partial charge in [0, 0.05) is 26.6 Å². The quantitative estimate of drug-likeness (QED) is 0.634. The highest BCUT2D eigenvalue weighted by Crippen LogP contribution is 2.19. The summed E-state index contributed by atoms with van der Waals surface area (Å²) >= 11 is 0. The second kappa shape index (κ2) is 6.98. The number of aliphatic imine (C=N–C) groups is 1. The molecule has 1 atom stereocenters. The van der Waals surface area contributed by atoms with Gasteiger partial charge in [0.2, 0.25) is 5.91 Å². The summed E-state index contributed by atoms with van der Waals surface area (Å²) in [6.45, 7) is 2.38. The molecule has 2 rings (SSSR count). The van der Waals surface area contributed by atoms with Gasteiger partial charge in [-0.25, -0.2) is 0 Å². The summed E-state index contributed by atoms with van der Waals surface area (Å²) in [5.74, 6) is 1.81. The zero-order valence-corrected chi connectivity index (χ0v) is 11.8. The van der Waals surface area contributed by atoms with Crippen LogP contribution in [-0.2, 0) is 11.3 Å². The van der Waals surface area contributed by atoms with Crippen LogP contribution in [0, 0.1) is 5.92 Å². The highest BCUT2D eigenvalue weighted by atomic mass is 16.3. The number of likely N-dealkylation sites (tertiary alicyclic amines) is 1. The van der Waals surface area contributed by atoms with Gasteiger partial charge >= 0.3 is 0 Å². The van der Waals surface area contributed by atoms with E-state index in [0.29, 0.717) is 18.9 Å². The van der Waals surface area contributed by atoms with E-state index in [1.165, 1.54) is 0 Å². The molecule has 3 N–H and O–H groups in total. The van der Waals surface area contributed by atoms with Crippen LogP contribution in [0.25, 0.3) is 0 Å². The number of rotatable bonds is 4. The Morgan fingerprint density at radius 2 is 2.50 bits per heavy atom. The van der Waals surface area contributed by atoms with Crippen LogP contribution in [0.4, 0.5) is 0 Å². The normalized spacial score (nSPS) is 19.9. The van der Waals surface area contributed by atoms with Crippen molar-refractivity contribution in [1.29, 1.82) is 0 Å². The lowest BCUT2D eigenvalue weighted by atomic mass is 9.95. The molecule has 1 amide bonds. The molecule has 6 heteroatoms. The van der Waals surface area contributed by atoms with Gasteiger partial charge in [-0.2, -0.15) is 0 Å². The van der Waals surface area contributed by atoms with Gasteiger partial charge in [0.1, 0.15) is 5.76 Å². The maximum Gasteiger partial charge on any atom is 0.217 e. The second-order valence-corrected chi connectivity index (χ2v) is 5.10. The highest BCUT2D eigenvalue weighted by molar-refractivity contribution is 5.80. The number of guanidine groups is 1. The largest absolute Gasteiger partial charge is 0.467 e. The summed E-state index contributed by atoms with van der Waals surface area (Å²) in [5, 5.41) is 3.28. The van der Waals surface area contributed by atoms with Crippen LogP contribution in [-0.4, -0.2) is 36.9 Å². The molecule has 1 saturated heterocycles. The standard InChI is InChI=1S/C14H22N4O2/c1-16-14(17-9-12-5-3-7-20-12)18-6-2-4-11(10-18)8-13(15)19/h3,5,7,11H,2,4,6,8-10H2,1H3,(H2,15,19)(H,16,17). The number of primary amides is 1. The van der Waals surface area contributed by atoms with Crippen molar-refractivity contribution in [3.05, 3.63) is 24.2 Å². The molecule has 6 nitrogen and oxygen atoms in total. The number of nitrogens with one attached hydrogen (secondary N) is 1. The topological polar surface area (TPSA) is 83.9 Å². The highest BCUT2D eigenvalue weighted by Gasteiger charge is 2.23. The third-order valence-corrected chi connectivity index (χ3v) is 3.52. The van der Waals surface area contributed by atoms with E-state index < -0.39 is 0 Å². The molecule has 0 bridgehead atoms. The monoisotopic (exact) mass is 278 g/mol. The number of hydrogen-bond acceptors (Lipinski definition) is 3. The molecular formula is C14H22N4O2. The van der Waals surface area contributed by atoms with E-state index >= 15 is 0 Å². The Morgan fingerprint density at radius 3 is 3.15 bits per heavy atom. The molecule has 1 aliphatic rings. The van der Waals surface area contributed by atoms with Crippen LogP contribution in [0.3, 0.4) is 0 Å². The van der Waals surface area contributed by atoms with Crippen molar-refractivity contribution in [3.63, 3.8) is 0 Å². The summed E-state index contributed by atoms with van der Waals surface area (Å²) in [7, 11) is 1.77. The molecule has 1 fully saturated rings. The van der Waals surface area contributed by atoms with Crippen molar-refractivity contribution in [2.24, 2.45) is 16.6 Å². The molecule has 0 spiro atoms. The first-order valence-electron chi connectivity index (χ1n) is 6.95. The molecule has 1 aromatic rings. The average Bonchev–Trinajstić information content (AvgIpc) is 2.92. The molecular weight excluding hydrogens is 256 g/mol. The van der Waals surface area contributed by atoms with E-state index in [1.54, 1.807) is 13.3 Å². The summed E-state index contributed by atoms with van der Waals surface area (Å²) in [5.41, 5.74) is 5.28. The fourth-order valence-electron chi connectivity index (χ4n) is 2.62. The second-order valence-electron chi connectivity index (χ2n) is 5.10. The molecule has 1 unspecified atom stereocenters. The van der Waals surface area contributed by atoms with E-state index in [2.05, 4.69) is 15.2 Å². The lowest BCUT2D eigenvalue weighted by Crippen LogP contribution is -2.46. The third-order valence-electron chi connectivity index (χ3n) is 3.52. The lowest BCUT2D eigenvalue weighted by molar-refractivity contribution is -0.119. The Hall–Kier alpha value is -1.98. The molecule has 0 aliphatic carbocycles. The molecule has 0 saturated carbocycles. The van der Waals surface area contributed by atoms with Gasteiger partial charge in [-0.3, -0.25) is 9.79 Å². The maximum absolute atomic E-state index is 11.0. The number of hydrogen-bond donors (Lipinski definition) is 2. The average molecular weight is 278 g/mol. The zero-order chi connectivity index (χ0) is 14.4. The van der Waals surface area contributed by atoms with Crippen LogP contribution in [0.5, 0.6) is 0 Å². The summed E-state index contributed by atoms with van der Waals surface area (Å²) in [4.78, 5) is 17.5. The Bertz CT molecular complexity index is 456. The number of nitrogens with zero attached hydrogens (tertiary/aromatic N) is 2. The fourth-order valence-corrected chi connectivity index (χ4v) is 2.62. The Kier molecular flexibility index (Phi) is 5.03. The van der Waals surface area contributed by atoms with E-state index in [1.807, 2.05) is 12.1 Å². The van der Waals surface area contributed by atoms with Gasteiger partial charge < -0.3 is 20.4 Å². The lowest BCUT2D eigenvalue weighted by Gasteiger charge is -2.34. The van der Waals surface area contributed by atoms with Crippen molar-refractivity contribution >= 4 is 11.9 Å². The third kappa shape index (κ3) is 4.01. The molecule has 0 radical (unpaired) electrons. The van der Waals surface area contributed by atoms with Crippen LogP contribution in [0.2, 0.25) is 0 Å². The van der Waals surface area contributed by atoms with E-state index in [9.17, 15) is 4.79 Å². The van der Waals surface area contributed by atoms with Gasteiger partial charge in [-0.05, 0) is 30.9 Å². The van der Waals surface area contributed by atoms with Crippen molar-refractivity contribution in [2.75, 3.05) is 20.1 Å². The molecule has 2 heterocycles. The van der Waals surface area contributed by atoms with E-state index in [-0.39, 0.29) is 5.91 Å². The predicted molar refractivity (Wildman–Crippen MR) is 77.0 cm³/mol. The summed E-state index contributed by atoms with van der Waals surface area (Å²) in [6.07, 6.45) is 4.21. The Morgan fingerprint density at radius 1 is 1.65 bits per heavy atom. The number of amides is 1. The van der Waals surface area contributed by atoms with E-state index in [0.717, 1.165) is 37.7 Å². The minimum absolute atomic E-state index is 0.226. The van der Waals surface area contributed by atoms with Gasteiger partial charge in [-0.1, -0.05) is 0 Å². The molecule has 1 aromatic heterocycles. The van der Waals surface area contributed by atoms with Crippen molar-refractivity contribution in [2.45, 2.75) is 25.8 Å². The summed E-state index contributed by atoms with van der Waals surface area (Å²) in [6, 6.07) is 3.79. The van der Waals surface area contributed by atoms with Crippen LogP contribution in [0.15, 0.2) is 27.8 Å². The number of nitrogens with two attached hydrogens (primary N) is 1. The number of carbonyl (C=O) groups is 1. The smallest absolute Gasteiger partial charge is 0.217 e. The Balaban J connectivity index is 1.88. The van der Waals surface area contributed by atoms with Gasteiger partial charge in [-0.15, -0.1) is 0 Å². The molecule has 1 aliphatic heterocycles. The van der Waals surface area contributed by atoms with E-state index in [4.69, 9.17) is 10.2 Å². The first-order valence-corrected chi connectivity index (χ1v) is 6.95. The van der Waals surface area contributed by atoms with Crippen molar-refractivity contribution < 1.29 is 9.21 Å². The number of carbonyl (C=O) groups excluding carboxylic acids is 1. The van der Waals surface area contributed by atoms with Gasteiger partial charge in [0.05, 0.1) is 12.8 Å². The van der Waals surface area contributed by atoms with Gasteiger partial charge in [0.15, 0.2) is 5.96 Å². The number of piperidine rings is 1. The minimum Gasteiger partial charge on any atom is -0.467 e. The SMILES string of the molecule is CN=C(NCc1ccco1)N1CCCC(CC(N)=O)C1. The molecule has 20 heavy (non-hydrogen) atoms. The van der Waals surface area contributed by atoms with Crippen molar-refractivity contribution in [3.8, 4) is 0 Å². The van der Waals surface area contributed by atoms with Crippen LogP contribution >= 0.6 is 0 Å². The fraction of sp³-hybridized carbons (Fsp3) is 0.571. The van der Waals surface area contributed by atoms with Gasteiger partial charge in [0.25, 0.3) is 0 Å². The molecule has 110 valence electrons. The van der Waals surface area contributed by atoms with Crippen LogP contribution < -0.4 is 11.1 Å².